The van der Waals surface area contributed by atoms with Crippen LogP contribution in [0.4, 0.5) is 0 Å². The molecule has 0 unspecified atom stereocenters. The van der Waals surface area contributed by atoms with Crippen LogP contribution in [0, 0.1) is 6.92 Å². The number of hydrogen-bond acceptors (Lipinski definition) is 1. The van der Waals surface area contributed by atoms with Crippen molar-refractivity contribution in [2.45, 2.75) is 59.3 Å². The van der Waals surface area contributed by atoms with E-state index in [1.54, 1.807) is 11.1 Å². The Labute approximate surface area is 111 Å². The topological polar surface area (TPSA) is 48.0 Å². The molecule has 0 aromatic carbocycles. The maximum atomic E-state index is 8.58. The molecule has 0 aliphatic heterocycles. The molecule has 1 aromatic heterocycles. The number of carbonyl (C=O) groups is 1. The molecule has 0 aliphatic carbocycles. The summed E-state index contributed by atoms with van der Waals surface area (Å²) in [5.41, 5.74) is 8.84. The van der Waals surface area contributed by atoms with Crippen LogP contribution in [0.15, 0.2) is 6.20 Å². The monoisotopic (exact) mass is 252 g/mol. The van der Waals surface area contributed by atoms with Crippen LogP contribution in [0.3, 0.4) is 0 Å². The van der Waals surface area contributed by atoms with Gasteiger partial charge in [-0.15, -0.1) is 0 Å². The van der Waals surface area contributed by atoms with Gasteiger partial charge in [0.15, 0.2) is 0 Å². The third kappa shape index (κ3) is 5.39. The van der Waals surface area contributed by atoms with Crippen LogP contribution >= 0.6 is 0 Å². The number of aryl methyl sites for hydroxylation is 2. The van der Waals surface area contributed by atoms with Gasteiger partial charge in [0.25, 0.3) is 0 Å². The summed E-state index contributed by atoms with van der Waals surface area (Å²) in [5, 5.41) is 0. The fourth-order valence-electron chi connectivity index (χ4n) is 2.13. The van der Waals surface area contributed by atoms with Crippen LogP contribution in [0.1, 0.15) is 56.4 Å². The molecule has 0 radical (unpaired) electrons. The molecule has 18 heavy (non-hydrogen) atoms. The first-order valence-electron chi connectivity index (χ1n) is 6.91. The minimum absolute atomic E-state index is 0.250. The summed E-state index contributed by atoms with van der Waals surface area (Å²) in [7, 11) is 2.17. The highest BCUT2D eigenvalue weighted by molar-refractivity contribution is 5.42. The van der Waals surface area contributed by atoms with Gasteiger partial charge in [-0.2, -0.15) is 0 Å². The average molecular weight is 252 g/mol. The van der Waals surface area contributed by atoms with Crippen molar-refractivity contribution in [3.8, 4) is 0 Å². The van der Waals surface area contributed by atoms with Gasteiger partial charge in [0.1, 0.15) is 0 Å². The second-order valence-electron chi connectivity index (χ2n) is 4.67. The van der Waals surface area contributed by atoms with Gasteiger partial charge in [-0.25, -0.2) is 0 Å². The lowest BCUT2D eigenvalue weighted by molar-refractivity contribution is -0.106. The first-order chi connectivity index (χ1) is 8.62. The lowest BCUT2D eigenvalue weighted by Gasteiger charge is -2.04. The van der Waals surface area contributed by atoms with Gasteiger partial charge >= 0.3 is 0 Å². The molecular weight excluding hydrogens is 224 g/mol. The number of hydrogen-bond donors (Lipinski definition) is 1. The van der Waals surface area contributed by atoms with E-state index in [0.29, 0.717) is 0 Å². The van der Waals surface area contributed by atoms with E-state index in [1.807, 2.05) is 0 Å². The Bertz CT molecular complexity index is 343. The van der Waals surface area contributed by atoms with Crippen LogP contribution in [0.2, 0.25) is 0 Å². The van der Waals surface area contributed by atoms with E-state index < -0.39 is 0 Å². The first-order valence-corrected chi connectivity index (χ1v) is 6.91. The minimum Gasteiger partial charge on any atom is -0.372 e. The number of nitrogens with zero attached hydrogens (tertiary/aromatic N) is 1. The third-order valence-corrected chi connectivity index (χ3v) is 3.28. The molecule has 3 nitrogen and oxygen atoms in total. The molecule has 104 valence electrons. The van der Waals surface area contributed by atoms with Gasteiger partial charge in [-0.3, -0.25) is 4.79 Å². The Hall–Kier alpha value is -1.25. The highest BCUT2D eigenvalue weighted by Crippen LogP contribution is 2.20. The summed E-state index contributed by atoms with van der Waals surface area (Å²) in [4.78, 5) is 8.58. The van der Waals surface area contributed by atoms with Crippen molar-refractivity contribution in [3.05, 3.63) is 23.0 Å². The fraction of sp³-hybridized carbons (Fsp3) is 0.667. The van der Waals surface area contributed by atoms with Gasteiger partial charge < -0.3 is 10.3 Å². The molecule has 1 amide bonds. The molecule has 0 saturated heterocycles. The van der Waals surface area contributed by atoms with Gasteiger partial charge in [0, 0.05) is 18.9 Å². The highest BCUT2D eigenvalue weighted by atomic mass is 16.1. The maximum absolute atomic E-state index is 8.58. The van der Waals surface area contributed by atoms with Crippen molar-refractivity contribution in [1.82, 2.24) is 4.57 Å². The van der Waals surface area contributed by atoms with E-state index in [1.165, 1.54) is 44.2 Å². The highest BCUT2D eigenvalue weighted by Gasteiger charge is 2.09. The summed E-state index contributed by atoms with van der Waals surface area (Å²) in [6, 6.07) is 0. The molecule has 3 heteroatoms. The molecule has 0 spiro atoms. The van der Waals surface area contributed by atoms with Crippen LogP contribution in [-0.4, -0.2) is 11.0 Å². The molecule has 2 N–H and O–H groups in total. The third-order valence-electron chi connectivity index (χ3n) is 3.28. The standard InChI is InChI=1S/C14H25N.CH3NO/c1-5-7-9-13-11-15(4)12(3)14(13)10-8-6-2;2-1-3/h11H,5-10H2,1-4H3;1H,(H2,2,3). The summed E-state index contributed by atoms with van der Waals surface area (Å²) in [6.07, 6.45) is 10.3. The molecule has 0 atom stereocenters. The van der Waals surface area contributed by atoms with Crippen molar-refractivity contribution in [3.63, 3.8) is 0 Å². The van der Waals surface area contributed by atoms with Crippen LogP contribution in [0.25, 0.3) is 0 Å². The smallest absolute Gasteiger partial charge is 0.204 e. The number of amides is 1. The fourth-order valence-corrected chi connectivity index (χ4v) is 2.13. The summed E-state index contributed by atoms with van der Waals surface area (Å²) in [5.74, 6) is 0. The molecule has 1 rings (SSSR count). The molecule has 0 fully saturated rings. The minimum atomic E-state index is 0.250. The number of rotatable bonds is 6. The summed E-state index contributed by atoms with van der Waals surface area (Å²) < 4.78 is 2.29. The van der Waals surface area contributed by atoms with E-state index in [9.17, 15) is 0 Å². The Kier molecular flexibility index (Phi) is 9.07. The van der Waals surface area contributed by atoms with Crippen LogP contribution in [-0.2, 0) is 24.7 Å². The average Bonchev–Trinajstić information content (AvgIpc) is 2.61. The van der Waals surface area contributed by atoms with E-state index >= 15 is 0 Å². The number of unbranched alkanes of at least 4 members (excludes halogenated alkanes) is 2. The van der Waals surface area contributed by atoms with E-state index in [2.05, 4.69) is 44.3 Å². The zero-order valence-corrected chi connectivity index (χ0v) is 12.3. The lowest BCUT2D eigenvalue weighted by atomic mass is 10.0. The van der Waals surface area contributed by atoms with Gasteiger partial charge in [-0.05, 0) is 43.7 Å². The number of aromatic nitrogens is 1. The number of carbonyl (C=O) groups excluding carboxylic acids is 1. The van der Waals surface area contributed by atoms with Gasteiger partial charge in [0.2, 0.25) is 6.41 Å². The predicted molar refractivity (Wildman–Crippen MR) is 77.6 cm³/mol. The van der Waals surface area contributed by atoms with Crippen molar-refractivity contribution >= 4 is 6.41 Å². The van der Waals surface area contributed by atoms with Crippen LogP contribution < -0.4 is 5.73 Å². The number of nitrogens with two attached hydrogens (primary N) is 1. The molecule has 0 bridgehead atoms. The maximum Gasteiger partial charge on any atom is 0.204 e. The van der Waals surface area contributed by atoms with E-state index in [0.717, 1.165) is 0 Å². The molecule has 1 aromatic rings. The molecule has 0 saturated carbocycles. The lowest BCUT2D eigenvalue weighted by Crippen LogP contribution is -1.94. The Morgan fingerprint density at radius 3 is 2.22 bits per heavy atom. The first kappa shape index (κ1) is 16.8. The van der Waals surface area contributed by atoms with Gasteiger partial charge in [0.05, 0.1) is 0 Å². The Morgan fingerprint density at radius 1 is 1.22 bits per heavy atom. The SMILES string of the molecule is CCCCc1cn(C)c(C)c1CCCC.NC=O. The van der Waals surface area contributed by atoms with Crippen molar-refractivity contribution < 1.29 is 4.79 Å². The van der Waals surface area contributed by atoms with E-state index in [4.69, 9.17) is 4.79 Å². The zero-order valence-electron chi connectivity index (χ0n) is 12.3. The molecular formula is C15H28N2O. The van der Waals surface area contributed by atoms with Crippen molar-refractivity contribution in [2.24, 2.45) is 12.8 Å². The van der Waals surface area contributed by atoms with Crippen molar-refractivity contribution in [1.29, 1.82) is 0 Å². The zero-order chi connectivity index (χ0) is 14.0. The summed E-state index contributed by atoms with van der Waals surface area (Å²) in [6.45, 7) is 6.78. The largest absolute Gasteiger partial charge is 0.372 e. The van der Waals surface area contributed by atoms with Crippen molar-refractivity contribution in [2.75, 3.05) is 0 Å². The quantitative estimate of drug-likeness (QED) is 0.777. The normalized spacial score (nSPS) is 9.78. The molecule has 1 heterocycles. The van der Waals surface area contributed by atoms with Crippen LogP contribution in [0.5, 0.6) is 0 Å². The predicted octanol–water partition coefficient (Wildman–Crippen LogP) is 3.12. The van der Waals surface area contributed by atoms with E-state index in [-0.39, 0.29) is 6.41 Å². The second kappa shape index (κ2) is 9.75. The second-order valence-corrected chi connectivity index (χ2v) is 4.67. The van der Waals surface area contributed by atoms with Gasteiger partial charge in [-0.1, -0.05) is 26.7 Å². The summed E-state index contributed by atoms with van der Waals surface area (Å²) >= 11 is 0. The number of primary amides is 1. The molecule has 0 aliphatic rings. The Morgan fingerprint density at radius 2 is 1.72 bits per heavy atom. The Balaban J connectivity index is 0.000000873.